The largest absolute Gasteiger partial charge is 0.394 e. The summed E-state index contributed by atoms with van der Waals surface area (Å²) in [5, 5.41) is 62.9. The Hall–Kier alpha value is -0.740. The summed E-state index contributed by atoms with van der Waals surface area (Å²) < 4.78 is 37.6. The second kappa shape index (κ2) is 13.5. The van der Waals surface area contributed by atoms with Crippen LogP contribution in [0, 0.1) is 46.3 Å². The SMILES string of the molecule is C[C@@H]1CC[C@@]2(OC1)O[C@H]1C[C@@H]3[C@@H]4CC=C5C[C@@H](O[C@@H]6O[C@H](CO)[C@@H](O)[C@H](O)[C@H]6O[C@@H]6O[C@@H](C)[C@H](O)[C@@H](O)[C@H]6O)CC[C@]5(C)[C@@H]4CC[C@]3(C)[C@H]1[C@@H]2C. The molecule has 0 aromatic carbocycles. The summed E-state index contributed by atoms with van der Waals surface area (Å²) in [6.07, 6.45) is -1.68. The molecule has 51 heavy (non-hydrogen) atoms. The van der Waals surface area contributed by atoms with E-state index in [1.54, 1.807) is 0 Å². The molecular weight excluding hydrogens is 660 g/mol. The number of rotatable bonds is 5. The lowest BCUT2D eigenvalue weighted by Crippen LogP contribution is -2.64. The fourth-order valence-corrected chi connectivity index (χ4v) is 12.5. The van der Waals surface area contributed by atoms with Crippen molar-refractivity contribution in [2.75, 3.05) is 13.2 Å². The van der Waals surface area contributed by atoms with Crippen LogP contribution in [-0.2, 0) is 28.4 Å². The van der Waals surface area contributed by atoms with E-state index in [1.807, 2.05) is 0 Å². The molecule has 6 N–H and O–H groups in total. The van der Waals surface area contributed by atoms with Gasteiger partial charge in [0.2, 0.25) is 0 Å². The van der Waals surface area contributed by atoms with Crippen LogP contribution in [0.3, 0.4) is 0 Å². The maximum Gasteiger partial charge on any atom is 0.187 e. The number of aliphatic hydroxyl groups is 6. The Balaban J connectivity index is 0.964. The molecule has 4 heterocycles. The van der Waals surface area contributed by atoms with Crippen molar-refractivity contribution in [1.29, 1.82) is 0 Å². The third kappa shape index (κ3) is 5.84. The Bertz CT molecular complexity index is 1300. The lowest BCUT2D eigenvalue weighted by atomic mass is 9.47. The fraction of sp³-hybridized carbons (Fsp3) is 0.949. The van der Waals surface area contributed by atoms with Crippen molar-refractivity contribution in [2.24, 2.45) is 46.3 Å². The van der Waals surface area contributed by atoms with Crippen LogP contribution in [0.1, 0.15) is 92.4 Å². The maximum absolute atomic E-state index is 11.1. The van der Waals surface area contributed by atoms with Gasteiger partial charge in [0.15, 0.2) is 18.4 Å². The van der Waals surface area contributed by atoms with E-state index in [1.165, 1.54) is 31.8 Å². The van der Waals surface area contributed by atoms with Gasteiger partial charge in [-0.1, -0.05) is 39.3 Å². The molecular formula is C39H62O12. The Morgan fingerprint density at radius 1 is 0.824 bits per heavy atom. The first-order valence-corrected chi connectivity index (χ1v) is 19.8. The quantitative estimate of drug-likeness (QED) is 0.229. The van der Waals surface area contributed by atoms with E-state index in [2.05, 4.69) is 33.8 Å². The average Bonchev–Trinajstić information content (AvgIpc) is 3.56. The first-order chi connectivity index (χ1) is 24.2. The minimum atomic E-state index is -1.61. The molecule has 21 atom stereocenters. The van der Waals surface area contributed by atoms with Gasteiger partial charge in [0, 0.05) is 12.3 Å². The van der Waals surface area contributed by atoms with Crippen LogP contribution in [-0.4, -0.2) is 123 Å². The van der Waals surface area contributed by atoms with Crippen LogP contribution >= 0.6 is 0 Å². The number of hydrogen-bond acceptors (Lipinski definition) is 12. The standard InChI is InChI=1S/C39H62O12/c1-18-8-13-39(46-17-18)19(2)28-26(51-39)15-25-23-7-6-21-14-22(9-11-37(21,4)24(23)10-12-38(25,28)5)48-36-34(32(44)30(42)27(16-40)49-36)50-35-33(45)31(43)29(41)20(3)47-35/h6,18-20,22-36,40-45H,7-17H2,1-5H3/t18-,19+,20+,22+,23-,24-,25-,26+,27-,28+,29+,30-,31-,32+,33-,34-,35+,36-,37+,38+,39-/m1/s1. The summed E-state index contributed by atoms with van der Waals surface area (Å²) in [6, 6.07) is 0. The molecule has 12 nitrogen and oxygen atoms in total. The minimum absolute atomic E-state index is 0.0535. The van der Waals surface area contributed by atoms with E-state index >= 15 is 0 Å². The van der Waals surface area contributed by atoms with Gasteiger partial charge >= 0.3 is 0 Å². The summed E-state index contributed by atoms with van der Waals surface area (Å²) >= 11 is 0. The van der Waals surface area contributed by atoms with Gasteiger partial charge in [-0.2, -0.15) is 0 Å². The van der Waals surface area contributed by atoms with Crippen molar-refractivity contribution in [3.63, 3.8) is 0 Å². The van der Waals surface area contributed by atoms with Gasteiger partial charge in [0.25, 0.3) is 0 Å². The first kappa shape index (κ1) is 37.2. The molecule has 0 radical (unpaired) electrons. The second-order valence-corrected chi connectivity index (χ2v) is 18.3. The summed E-state index contributed by atoms with van der Waals surface area (Å²) in [5.41, 5.74) is 1.70. The number of allylic oxidation sites excluding steroid dienone is 1. The van der Waals surface area contributed by atoms with Gasteiger partial charge in [-0.3, -0.25) is 0 Å². The Labute approximate surface area is 301 Å². The van der Waals surface area contributed by atoms with Crippen LogP contribution in [0.5, 0.6) is 0 Å². The highest BCUT2D eigenvalue weighted by Gasteiger charge is 2.68. The van der Waals surface area contributed by atoms with Gasteiger partial charge in [-0.15, -0.1) is 0 Å². The van der Waals surface area contributed by atoms with Crippen LogP contribution in [0.15, 0.2) is 11.6 Å². The maximum atomic E-state index is 11.1. The van der Waals surface area contributed by atoms with E-state index in [-0.39, 0.29) is 23.0 Å². The average molecular weight is 723 g/mol. The molecule has 0 bridgehead atoms. The van der Waals surface area contributed by atoms with Crippen molar-refractivity contribution >= 4 is 0 Å². The van der Waals surface area contributed by atoms with E-state index in [0.717, 1.165) is 38.7 Å². The smallest absolute Gasteiger partial charge is 0.187 e. The van der Waals surface area contributed by atoms with Crippen LogP contribution in [0.2, 0.25) is 0 Å². The summed E-state index contributed by atoms with van der Waals surface area (Å²) in [6.45, 7) is 11.5. The highest BCUT2D eigenvalue weighted by atomic mass is 16.8. The lowest BCUT2D eigenvalue weighted by Gasteiger charge is -2.58. The molecule has 8 rings (SSSR count). The van der Waals surface area contributed by atoms with Crippen molar-refractivity contribution in [1.82, 2.24) is 0 Å². The fourth-order valence-electron chi connectivity index (χ4n) is 12.5. The first-order valence-electron chi connectivity index (χ1n) is 19.8. The monoisotopic (exact) mass is 722 g/mol. The van der Waals surface area contributed by atoms with Crippen LogP contribution in [0.25, 0.3) is 0 Å². The molecule has 4 aliphatic carbocycles. The van der Waals surface area contributed by atoms with Crippen molar-refractivity contribution in [3.05, 3.63) is 11.6 Å². The number of ether oxygens (including phenoxy) is 6. The van der Waals surface area contributed by atoms with E-state index in [0.29, 0.717) is 41.9 Å². The van der Waals surface area contributed by atoms with E-state index < -0.39 is 73.8 Å². The van der Waals surface area contributed by atoms with Crippen molar-refractivity contribution in [3.8, 4) is 0 Å². The molecule has 1 spiro atoms. The minimum Gasteiger partial charge on any atom is -0.394 e. The molecule has 0 unspecified atom stereocenters. The van der Waals surface area contributed by atoms with E-state index in [4.69, 9.17) is 28.4 Å². The highest BCUT2D eigenvalue weighted by molar-refractivity contribution is 5.26. The molecule has 4 aliphatic heterocycles. The van der Waals surface area contributed by atoms with Crippen molar-refractivity contribution < 1.29 is 59.1 Å². The van der Waals surface area contributed by atoms with Gasteiger partial charge in [-0.25, -0.2) is 0 Å². The van der Waals surface area contributed by atoms with Gasteiger partial charge in [-0.05, 0) is 98.7 Å². The normalized spacial score (nSPS) is 58.4. The van der Waals surface area contributed by atoms with Gasteiger partial charge < -0.3 is 59.1 Å². The molecule has 12 heteroatoms. The summed E-state index contributed by atoms with van der Waals surface area (Å²) in [5.74, 6) is 2.92. The van der Waals surface area contributed by atoms with Gasteiger partial charge in [0.1, 0.15) is 42.7 Å². The van der Waals surface area contributed by atoms with Gasteiger partial charge in [0.05, 0.1) is 31.5 Å². The molecule has 290 valence electrons. The molecule has 4 saturated heterocycles. The molecule has 0 aromatic rings. The lowest BCUT2D eigenvalue weighted by molar-refractivity contribution is -0.369. The zero-order valence-electron chi connectivity index (χ0n) is 30.9. The van der Waals surface area contributed by atoms with Crippen molar-refractivity contribution in [2.45, 2.75) is 172 Å². The van der Waals surface area contributed by atoms with Crippen LogP contribution < -0.4 is 0 Å². The zero-order chi connectivity index (χ0) is 36.2. The molecule has 0 aromatic heterocycles. The number of aliphatic hydroxyl groups excluding tert-OH is 6. The topological polar surface area (TPSA) is 177 Å². The predicted molar refractivity (Wildman–Crippen MR) is 182 cm³/mol. The van der Waals surface area contributed by atoms with E-state index in [9.17, 15) is 30.6 Å². The summed E-state index contributed by atoms with van der Waals surface area (Å²) in [7, 11) is 0. The number of fused-ring (bicyclic) bond motifs is 7. The highest BCUT2D eigenvalue weighted by Crippen LogP contribution is 2.70. The third-order valence-corrected chi connectivity index (χ3v) is 15.6. The number of hydrogen-bond donors (Lipinski definition) is 6. The Morgan fingerprint density at radius 2 is 1.61 bits per heavy atom. The third-order valence-electron chi connectivity index (χ3n) is 15.6. The molecule has 0 amide bonds. The Morgan fingerprint density at radius 3 is 2.33 bits per heavy atom. The molecule has 8 aliphatic rings. The summed E-state index contributed by atoms with van der Waals surface area (Å²) in [4.78, 5) is 0. The predicted octanol–water partition coefficient (Wildman–Crippen LogP) is 2.39. The second-order valence-electron chi connectivity index (χ2n) is 18.3. The zero-order valence-corrected chi connectivity index (χ0v) is 30.9. The molecule has 3 saturated carbocycles. The van der Waals surface area contributed by atoms with Crippen LogP contribution in [0.4, 0.5) is 0 Å². The Kier molecular flexibility index (Phi) is 9.83. The molecule has 7 fully saturated rings.